The molecule has 0 saturated heterocycles. The number of aromatic nitrogens is 2. The average molecular weight is 335 g/mol. The highest BCUT2D eigenvalue weighted by atomic mass is 19.4. The lowest BCUT2D eigenvalue weighted by atomic mass is 10.1. The zero-order valence-corrected chi connectivity index (χ0v) is 13.6. The Balaban J connectivity index is 1.81. The first kappa shape index (κ1) is 16.9. The molecule has 0 aliphatic carbocycles. The highest BCUT2D eigenvalue weighted by molar-refractivity contribution is 5.56. The van der Waals surface area contributed by atoms with Gasteiger partial charge in [0.1, 0.15) is 0 Å². The second-order valence-electron chi connectivity index (χ2n) is 6.12. The molecule has 24 heavy (non-hydrogen) atoms. The smallest absolute Gasteiger partial charge is 0.297 e. The lowest BCUT2D eigenvalue weighted by molar-refractivity contribution is -0.137. The van der Waals surface area contributed by atoms with Crippen LogP contribution in [0.15, 0.2) is 30.5 Å². The van der Waals surface area contributed by atoms with Crippen LogP contribution in [0.5, 0.6) is 0 Å². The second-order valence-corrected chi connectivity index (χ2v) is 6.12. The fourth-order valence-corrected chi connectivity index (χ4v) is 2.88. The van der Waals surface area contributed by atoms with Gasteiger partial charge in [-0.25, -0.2) is 9.97 Å². The molecule has 0 amide bonds. The number of fused-ring (bicyclic) bond motifs is 1. The van der Waals surface area contributed by atoms with E-state index in [-0.39, 0.29) is 0 Å². The van der Waals surface area contributed by atoms with Gasteiger partial charge < -0.3 is 0 Å². The first-order valence-electron chi connectivity index (χ1n) is 8.22. The van der Waals surface area contributed by atoms with Crippen LogP contribution < -0.4 is 0 Å². The molecule has 1 aromatic heterocycles. The largest absolute Gasteiger partial charge is 0.416 e. The molecule has 0 bridgehead atoms. The quantitative estimate of drug-likeness (QED) is 0.833. The van der Waals surface area contributed by atoms with Gasteiger partial charge in [-0.1, -0.05) is 25.5 Å². The number of rotatable bonds is 4. The van der Waals surface area contributed by atoms with Crippen molar-refractivity contribution in [2.45, 2.75) is 38.9 Å². The monoisotopic (exact) mass is 335 g/mol. The van der Waals surface area contributed by atoms with Crippen LogP contribution in [0.25, 0.3) is 11.4 Å². The zero-order chi connectivity index (χ0) is 17.2. The molecule has 1 aliphatic rings. The molecule has 2 heterocycles. The van der Waals surface area contributed by atoms with Crippen molar-refractivity contribution in [1.29, 1.82) is 0 Å². The summed E-state index contributed by atoms with van der Waals surface area (Å²) in [5, 5.41) is 0. The van der Waals surface area contributed by atoms with Gasteiger partial charge >= 0.3 is 6.18 Å². The Morgan fingerprint density at radius 3 is 2.58 bits per heavy atom. The molecule has 128 valence electrons. The zero-order valence-electron chi connectivity index (χ0n) is 13.6. The van der Waals surface area contributed by atoms with E-state index in [1.54, 1.807) is 0 Å². The van der Waals surface area contributed by atoms with Gasteiger partial charge in [-0.3, -0.25) is 4.90 Å². The number of benzene rings is 1. The maximum absolute atomic E-state index is 12.7. The van der Waals surface area contributed by atoms with Crippen molar-refractivity contribution < 1.29 is 13.2 Å². The molecule has 0 spiro atoms. The van der Waals surface area contributed by atoms with E-state index in [1.165, 1.54) is 12.1 Å². The normalized spacial score (nSPS) is 15.3. The van der Waals surface area contributed by atoms with E-state index in [4.69, 9.17) is 0 Å². The lowest BCUT2D eigenvalue weighted by Crippen LogP contribution is -2.32. The molecule has 3 nitrogen and oxygen atoms in total. The molecular weight excluding hydrogens is 315 g/mol. The standard InChI is InChI=1S/C18H20F3N3/c1-2-3-9-24-10-8-14-11-22-17(23-16(14)12-24)13-4-6-15(7-5-13)18(19,20)21/h4-7,11H,2-3,8-10,12H2,1H3. The van der Waals surface area contributed by atoms with Crippen molar-refractivity contribution in [2.24, 2.45) is 0 Å². The average Bonchev–Trinajstić information content (AvgIpc) is 2.58. The summed E-state index contributed by atoms with van der Waals surface area (Å²) < 4.78 is 38.0. The molecule has 1 aromatic carbocycles. The van der Waals surface area contributed by atoms with E-state index in [2.05, 4.69) is 21.8 Å². The summed E-state index contributed by atoms with van der Waals surface area (Å²) >= 11 is 0. The number of alkyl halides is 3. The summed E-state index contributed by atoms with van der Waals surface area (Å²) in [6.07, 6.45) is 0.726. The van der Waals surface area contributed by atoms with Gasteiger partial charge in [0.05, 0.1) is 11.3 Å². The van der Waals surface area contributed by atoms with Crippen LogP contribution in [0.4, 0.5) is 13.2 Å². The van der Waals surface area contributed by atoms with E-state index < -0.39 is 11.7 Å². The Morgan fingerprint density at radius 1 is 1.17 bits per heavy atom. The van der Waals surface area contributed by atoms with Crippen LogP contribution in [-0.2, 0) is 19.1 Å². The van der Waals surface area contributed by atoms with Gasteiger partial charge in [0.25, 0.3) is 0 Å². The maximum Gasteiger partial charge on any atom is 0.416 e. The minimum atomic E-state index is -4.32. The molecule has 0 radical (unpaired) electrons. The molecule has 1 aliphatic heterocycles. The summed E-state index contributed by atoms with van der Waals surface area (Å²) in [7, 11) is 0. The molecule has 0 unspecified atom stereocenters. The topological polar surface area (TPSA) is 29.0 Å². The summed E-state index contributed by atoms with van der Waals surface area (Å²) in [4.78, 5) is 11.3. The van der Waals surface area contributed by atoms with E-state index in [1.807, 2.05) is 6.20 Å². The van der Waals surface area contributed by atoms with Crippen molar-refractivity contribution in [1.82, 2.24) is 14.9 Å². The Bertz CT molecular complexity index is 696. The third-order valence-electron chi connectivity index (χ3n) is 4.32. The minimum Gasteiger partial charge on any atom is -0.297 e. The fraction of sp³-hybridized carbons (Fsp3) is 0.444. The summed E-state index contributed by atoms with van der Waals surface area (Å²) in [5.74, 6) is 0.486. The van der Waals surface area contributed by atoms with Gasteiger partial charge in [0, 0.05) is 24.8 Å². The van der Waals surface area contributed by atoms with Crippen molar-refractivity contribution in [3.8, 4) is 11.4 Å². The third-order valence-corrected chi connectivity index (χ3v) is 4.32. The highest BCUT2D eigenvalue weighted by Crippen LogP contribution is 2.30. The molecule has 3 rings (SSSR count). The van der Waals surface area contributed by atoms with Crippen LogP contribution in [0.2, 0.25) is 0 Å². The predicted molar refractivity (Wildman–Crippen MR) is 86.4 cm³/mol. The van der Waals surface area contributed by atoms with E-state index in [9.17, 15) is 13.2 Å². The number of hydrogen-bond acceptors (Lipinski definition) is 3. The molecule has 6 heteroatoms. The number of halogens is 3. The van der Waals surface area contributed by atoms with Gasteiger partial charge in [0.15, 0.2) is 5.82 Å². The predicted octanol–water partition coefficient (Wildman–Crippen LogP) is 4.32. The minimum absolute atomic E-state index is 0.486. The summed E-state index contributed by atoms with van der Waals surface area (Å²) in [6, 6.07) is 5.02. The highest BCUT2D eigenvalue weighted by Gasteiger charge is 2.30. The van der Waals surface area contributed by atoms with E-state index in [0.29, 0.717) is 11.4 Å². The second kappa shape index (κ2) is 6.89. The van der Waals surface area contributed by atoms with Crippen LogP contribution in [0.1, 0.15) is 36.6 Å². The van der Waals surface area contributed by atoms with Crippen LogP contribution in [-0.4, -0.2) is 28.0 Å². The SMILES string of the molecule is CCCCN1CCc2cnc(-c3ccc(C(F)(F)F)cc3)nc2C1. The van der Waals surface area contributed by atoms with Gasteiger partial charge in [-0.2, -0.15) is 13.2 Å². The fourth-order valence-electron chi connectivity index (χ4n) is 2.88. The maximum atomic E-state index is 12.7. The molecular formula is C18H20F3N3. The first-order valence-corrected chi connectivity index (χ1v) is 8.22. The van der Waals surface area contributed by atoms with Crippen molar-refractivity contribution in [3.63, 3.8) is 0 Å². The Labute approximate surface area is 139 Å². The molecule has 0 N–H and O–H groups in total. The Hall–Kier alpha value is -1.95. The van der Waals surface area contributed by atoms with Crippen molar-refractivity contribution >= 4 is 0 Å². The summed E-state index contributed by atoms with van der Waals surface area (Å²) in [6.45, 7) is 5.01. The molecule has 0 fully saturated rings. The van der Waals surface area contributed by atoms with E-state index >= 15 is 0 Å². The number of unbranched alkanes of at least 4 members (excludes halogenated alkanes) is 1. The molecule has 0 atom stereocenters. The number of hydrogen-bond donors (Lipinski definition) is 0. The van der Waals surface area contributed by atoms with Gasteiger partial charge in [0.2, 0.25) is 0 Å². The molecule has 2 aromatic rings. The molecule has 0 saturated carbocycles. The van der Waals surface area contributed by atoms with Gasteiger partial charge in [-0.05, 0) is 37.1 Å². The number of nitrogens with zero attached hydrogens (tertiary/aromatic N) is 3. The van der Waals surface area contributed by atoms with Crippen LogP contribution >= 0.6 is 0 Å². The van der Waals surface area contributed by atoms with Crippen LogP contribution in [0.3, 0.4) is 0 Å². The third kappa shape index (κ3) is 3.75. The van der Waals surface area contributed by atoms with Gasteiger partial charge in [-0.15, -0.1) is 0 Å². The lowest BCUT2D eigenvalue weighted by Gasteiger charge is -2.27. The van der Waals surface area contributed by atoms with Crippen LogP contribution in [0, 0.1) is 0 Å². The summed E-state index contributed by atoms with van der Waals surface area (Å²) in [5.41, 5.74) is 2.08. The van der Waals surface area contributed by atoms with E-state index in [0.717, 1.165) is 62.3 Å². The Morgan fingerprint density at radius 2 is 1.92 bits per heavy atom. The first-order chi connectivity index (χ1) is 11.5. The Kier molecular flexibility index (Phi) is 4.85. The van der Waals surface area contributed by atoms with Crippen molar-refractivity contribution in [3.05, 3.63) is 47.3 Å². The van der Waals surface area contributed by atoms with Crippen molar-refractivity contribution in [2.75, 3.05) is 13.1 Å².